The van der Waals surface area contributed by atoms with Gasteiger partial charge in [-0.05, 0) is 10.8 Å². The van der Waals surface area contributed by atoms with Crippen molar-refractivity contribution in [3.63, 3.8) is 0 Å². The lowest BCUT2D eigenvalue weighted by Crippen LogP contribution is -1.88. The second kappa shape index (κ2) is 2.87. The molecule has 2 aromatic heterocycles. The molecule has 0 spiro atoms. The predicted molar refractivity (Wildman–Crippen MR) is 49.5 cm³/mol. The molecule has 2 aromatic rings. The van der Waals surface area contributed by atoms with Gasteiger partial charge in [0.15, 0.2) is 10.8 Å². The molecule has 0 bridgehead atoms. The lowest BCUT2D eigenvalue weighted by atomic mass is 10.6. The van der Waals surface area contributed by atoms with Crippen LogP contribution in [0.4, 0.5) is 0 Å². The largest absolute Gasteiger partial charge is 0.504 e. The average molecular weight is 199 g/mol. The minimum absolute atomic E-state index is 0.112. The Morgan fingerprint density at radius 2 is 2.42 bits per heavy atom. The van der Waals surface area contributed by atoms with Crippen molar-refractivity contribution in [1.82, 2.24) is 14.4 Å². The number of hydrogen-bond donors (Lipinski definition) is 2. The maximum absolute atomic E-state index is 9.35. The third kappa shape index (κ3) is 1.12. The van der Waals surface area contributed by atoms with Crippen LogP contribution in [0.5, 0.6) is 5.75 Å². The first-order valence-electron chi connectivity index (χ1n) is 3.15. The Morgan fingerprint density at radius 1 is 1.58 bits per heavy atom. The Morgan fingerprint density at radius 3 is 3.17 bits per heavy atom. The molecule has 6 heteroatoms. The fourth-order valence-corrected chi connectivity index (χ4v) is 1.57. The van der Waals surface area contributed by atoms with Gasteiger partial charge in [0.25, 0.3) is 0 Å². The van der Waals surface area contributed by atoms with E-state index in [0.717, 1.165) is 10.8 Å². The van der Waals surface area contributed by atoms with E-state index in [1.54, 1.807) is 23.0 Å². The summed E-state index contributed by atoms with van der Waals surface area (Å²) in [5, 5.41) is 9.82. The van der Waals surface area contributed by atoms with Gasteiger partial charge in [0, 0.05) is 12.4 Å². The van der Waals surface area contributed by atoms with Gasteiger partial charge in [-0.1, -0.05) is 0 Å². The van der Waals surface area contributed by atoms with E-state index < -0.39 is 0 Å². The number of thiol groups is 1. The van der Waals surface area contributed by atoms with Gasteiger partial charge in [0.2, 0.25) is 5.78 Å². The average Bonchev–Trinajstić information content (AvgIpc) is 2.49. The Bertz CT molecular complexity index is 414. The zero-order valence-electron chi connectivity index (χ0n) is 5.88. The van der Waals surface area contributed by atoms with Crippen LogP contribution in [0.3, 0.4) is 0 Å². The molecule has 0 aliphatic rings. The highest BCUT2D eigenvalue weighted by Gasteiger charge is 2.04. The fraction of sp³-hybridized carbons (Fsp3) is 0. The SMILES string of the molecule is Oc1cn2ccnc2nc1SS. The topological polar surface area (TPSA) is 50.4 Å². The number of imidazole rings is 1. The van der Waals surface area contributed by atoms with Crippen molar-refractivity contribution in [2.24, 2.45) is 0 Å². The number of nitrogens with zero attached hydrogens (tertiary/aromatic N) is 3. The normalized spacial score (nSPS) is 10.8. The van der Waals surface area contributed by atoms with Gasteiger partial charge in [-0.2, -0.15) is 0 Å². The molecule has 0 atom stereocenters. The van der Waals surface area contributed by atoms with Crippen molar-refractivity contribution >= 4 is 28.2 Å². The minimum atomic E-state index is 0.112. The van der Waals surface area contributed by atoms with Crippen molar-refractivity contribution in [2.45, 2.75) is 5.03 Å². The van der Waals surface area contributed by atoms with Gasteiger partial charge in [-0.3, -0.25) is 4.40 Å². The van der Waals surface area contributed by atoms with Crippen LogP contribution in [0, 0.1) is 0 Å². The summed E-state index contributed by atoms with van der Waals surface area (Å²) in [5.41, 5.74) is 0. The zero-order valence-corrected chi connectivity index (χ0v) is 7.59. The van der Waals surface area contributed by atoms with Crippen molar-refractivity contribution < 1.29 is 5.11 Å². The van der Waals surface area contributed by atoms with Crippen LogP contribution in [0.2, 0.25) is 0 Å². The van der Waals surface area contributed by atoms with Crippen molar-refractivity contribution in [2.75, 3.05) is 0 Å². The lowest BCUT2D eigenvalue weighted by molar-refractivity contribution is 0.453. The first kappa shape index (κ1) is 7.75. The van der Waals surface area contributed by atoms with Crippen molar-refractivity contribution in [3.8, 4) is 5.75 Å². The fourth-order valence-electron chi connectivity index (χ4n) is 0.895. The second-order valence-corrected chi connectivity index (χ2v) is 3.27. The predicted octanol–water partition coefficient (Wildman–Crippen LogP) is 1.37. The van der Waals surface area contributed by atoms with Crippen LogP contribution in [0.15, 0.2) is 23.6 Å². The van der Waals surface area contributed by atoms with Crippen LogP contribution < -0.4 is 0 Å². The quantitative estimate of drug-likeness (QED) is 0.414. The Balaban J connectivity index is 2.73. The van der Waals surface area contributed by atoms with Crippen LogP contribution in [-0.4, -0.2) is 19.5 Å². The summed E-state index contributed by atoms with van der Waals surface area (Å²) in [5.74, 6) is 0.671. The Kier molecular flexibility index (Phi) is 1.86. The molecule has 62 valence electrons. The molecule has 1 N–H and O–H groups in total. The number of rotatable bonds is 1. The summed E-state index contributed by atoms with van der Waals surface area (Å²) in [6.45, 7) is 0. The van der Waals surface area contributed by atoms with Crippen molar-refractivity contribution in [3.05, 3.63) is 18.6 Å². The summed E-state index contributed by atoms with van der Waals surface area (Å²) < 4.78 is 1.64. The molecule has 0 fully saturated rings. The van der Waals surface area contributed by atoms with E-state index in [2.05, 4.69) is 21.6 Å². The smallest absolute Gasteiger partial charge is 0.235 e. The molecule has 12 heavy (non-hydrogen) atoms. The molecule has 0 saturated carbocycles. The first-order valence-corrected chi connectivity index (χ1v) is 5.02. The molecule has 0 unspecified atom stereocenters. The van der Waals surface area contributed by atoms with E-state index in [0.29, 0.717) is 10.8 Å². The Labute approximate surface area is 77.5 Å². The molecule has 0 radical (unpaired) electrons. The molecule has 0 saturated heterocycles. The maximum atomic E-state index is 9.35. The molecule has 0 aliphatic heterocycles. The second-order valence-electron chi connectivity index (χ2n) is 2.16. The highest BCUT2D eigenvalue weighted by molar-refractivity contribution is 8.68. The van der Waals surface area contributed by atoms with Gasteiger partial charge < -0.3 is 5.11 Å². The number of hydrogen-bond acceptors (Lipinski definition) is 5. The van der Waals surface area contributed by atoms with Gasteiger partial charge in [0.1, 0.15) is 0 Å². The summed E-state index contributed by atoms with van der Waals surface area (Å²) in [6, 6.07) is 0. The number of aromatic hydroxyl groups is 1. The van der Waals surface area contributed by atoms with Gasteiger partial charge in [0.05, 0.1) is 6.20 Å². The van der Waals surface area contributed by atoms with E-state index in [9.17, 15) is 5.11 Å². The number of aromatic nitrogens is 3. The van der Waals surface area contributed by atoms with Crippen molar-refractivity contribution in [1.29, 1.82) is 0 Å². The van der Waals surface area contributed by atoms with Crippen LogP contribution >= 0.6 is 22.5 Å². The molecule has 0 amide bonds. The zero-order chi connectivity index (χ0) is 8.55. The van der Waals surface area contributed by atoms with E-state index in [-0.39, 0.29) is 5.75 Å². The van der Waals surface area contributed by atoms with Gasteiger partial charge >= 0.3 is 0 Å². The van der Waals surface area contributed by atoms with E-state index in [4.69, 9.17) is 0 Å². The molecule has 4 nitrogen and oxygen atoms in total. The van der Waals surface area contributed by atoms with Gasteiger partial charge in [-0.15, -0.1) is 11.7 Å². The van der Waals surface area contributed by atoms with Crippen LogP contribution in [-0.2, 0) is 0 Å². The Hall–Kier alpha value is -0.880. The molecule has 2 heterocycles. The maximum Gasteiger partial charge on any atom is 0.235 e. The molecule has 2 rings (SSSR count). The standard InChI is InChI=1S/C6H5N3OS2/c10-4-3-9-2-1-7-6(9)8-5(4)12-11/h1-3,10-11H. The lowest BCUT2D eigenvalue weighted by Gasteiger charge is -1.99. The van der Waals surface area contributed by atoms with E-state index in [1.807, 2.05) is 0 Å². The first-order chi connectivity index (χ1) is 5.81. The summed E-state index contributed by atoms with van der Waals surface area (Å²) in [6.07, 6.45) is 4.89. The monoisotopic (exact) mass is 199 g/mol. The third-order valence-electron chi connectivity index (χ3n) is 1.42. The highest BCUT2D eigenvalue weighted by atomic mass is 33.1. The van der Waals surface area contributed by atoms with E-state index in [1.165, 1.54) is 0 Å². The summed E-state index contributed by atoms with van der Waals surface area (Å²) >= 11 is 3.94. The summed E-state index contributed by atoms with van der Waals surface area (Å²) in [4.78, 5) is 8.00. The van der Waals surface area contributed by atoms with Crippen LogP contribution in [0.1, 0.15) is 0 Å². The van der Waals surface area contributed by atoms with Gasteiger partial charge in [-0.25, -0.2) is 9.97 Å². The molecular formula is C6H5N3OS2. The molecular weight excluding hydrogens is 194 g/mol. The number of fused-ring (bicyclic) bond motifs is 1. The minimum Gasteiger partial charge on any atom is -0.504 e. The summed E-state index contributed by atoms with van der Waals surface area (Å²) in [7, 11) is 1.09. The van der Waals surface area contributed by atoms with Crippen LogP contribution in [0.25, 0.3) is 5.78 Å². The highest BCUT2D eigenvalue weighted by Crippen LogP contribution is 2.28. The molecule has 0 aromatic carbocycles. The molecule has 0 aliphatic carbocycles. The van der Waals surface area contributed by atoms with E-state index >= 15 is 0 Å². The third-order valence-corrected chi connectivity index (χ3v) is 2.41.